The average molecular weight is 654 g/mol. The van der Waals surface area contributed by atoms with Crippen LogP contribution in [-0.2, 0) is 10.0 Å². The lowest BCUT2D eigenvalue weighted by atomic mass is 10.0. The number of sulfonamides is 1. The Hall–Kier alpha value is -4.28. The molecule has 44 heavy (non-hydrogen) atoms. The lowest BCUT2D eigenvalue weighted by Gasteiger charge is -2.21. The summed E-state index contributed by atoms with van der Waals surface area (Å²) in [5.41, 5.74) is 3.19. The molecule has 5 rings (SSSR count). The Balaban J connectivity index is 1.64. The van der Waals surface area contributed by atoms with E-state index < -0.39 is 21.9 Å². The highest BCUT2D eigenvalue weighted by Gasteiger charge is 2.24. The van der Waals surface area contributed by atoms with Gasteiger partial charge in [-0.05, 0) is 61.9 Å². The summed E-state index contributed by atoms with van der Waals surface area (Å²) in [6.45, 7) is 3.94. The number of nitrogens with one attached hydrogen (secondary N) is 2. The summed E-state index contributed by atoms with van der Waals surface area (Å²) >= 11 is 12.7. The fourth-order valence-corrected chi connectivity index (χ4v) is 5.92. The highest BCUT2D eigenvalue weighted by molar-refractivity contribution is 7.89. The first-order valence-electron chi connectivity index (χ1n) is 13.3. The highest BCUT2D eigenvalue weighted by Crippen LogP contribution is 2.37. The summed E-state index contributed by atoms with van der Waals surface area (Å²) < 4.78 is 42.6. The van der Waals surface area contributed by atoms with Gasteiger partial charge in [-0.2, -0.15) is 5.26 Å². The van der Waals surface area contributed by atoms with E-state index in [0.29, 0.717) is 44.2 Å². The number of nitriles is 1. The SMILES string of the molecule is CC(C)n1cc(C(Nc2cc(Cl)c3ncc(C#N)c(Nc4ccc(F)c(Cl)c4)c3c2)c2cccc(S(=O)(=O)N(C)C)c2)nn1. The summed E-state index contributed by atoms with van der Waals surface area (Å²) in [5, 5.41) is 25.8. The minimum absolute atomic E-state index is 0.0385. The number of fused-ring (bicyclic) bond motifs is 1. The van der Waals surface area contributed by atoms with Crippen LogP contribution in [0, 0.1) is 17.1 Å². The van der Waals surface area contributed by atoms with E-state index in [0.717, 1.165) is 4.31 Å². The molecule has 0 saturated carbocycles. The molecular formula is C30H27Cl2FN8O2S. The van der Waals surface area contributed by atoms with E-state index in [2.05, 4.69) is 32.0 Å². The molecule has 226 valence electrons. The minimum Gasteiger partial charge on any atom is -0.373 e. The molecule has 10 nitrogen and oxygen atoms in total. The smallest absolute Gasteiger partial charge is 0.242 e. The first-order chi connectivity index (χ1) is 20.9. The van der Waals surface area contributed by atoms with Gasteiger partial charge >= 0.3 is 0 Å². The quantitative estimate of drug-likeness (QED) is 0.176. The van der Waals surface area contributed by atoms with Gasteiger partial charge in [0.1, 0.15) is 17.6 Å². The zero-order chi connectivity index (χ0) is 31.8. The molecule has 0 bridgehead atoms. The Morgan fingerprint density at radius 1 is 1.05 bits per heavy atom. The van der Waals surface area contributed by atoms with Gasteiger partial charge in [0.15, 0.2) is 0 Å². The van der Waals surface area contributed by atoms with Crippen LogP contribution < -0.4 is 10.6 Å². The predicted octanol–water partition coefficient (Wildman–Crippen LogP) is 6.92. The van der Waals surface area contributed by atoms with Crippen LogP contribution in [0.3, 0.4) is 0 Å². The molecule has 1 atom stereocenters. The average Bonchev–Trinajstić information content (AvgIpc) is 3.49. The van der Waals surface area contributed by atoms with Crippen molar-refractivity contribution in [2.24, 2.45) is 0 Å². The van der Waals surface area contributed by atoms with Crippen LogP contribution in [-0.4, -0.2) is 46.8 Å². The predicted molar refractivity (Wildman–Crippen MR) is 169 cm³/mol. The first-order valence-corrected chi connectivity index (χ1v) is 15.5. The number of nitrogens with zero attached hydrogens (tertiary/aromatic N) is 6. The second kappa shape index (κ2) is 12.4. The normalized spacial score (nSPS) is 12.5. The summed E-state index contributed by atoms with van der Waals surface area (Å²) in [5.74, 6) is -0.574. The summed E-state index contributed by atoms with van der Waals surface area (Å²) in [7, 11) is -0.777. The van der Waals surface area contributed by atoms with Crippen molar-refractivity contribution in [1.82, 2.24) is 24.3 Å². The number of halogens is 3. The number of pyridine rings is 1. The van der Waals surface area contributed by atoms with Gasteiger partial charge in [-0.25, -0.2) is 21.8 Å². The van der Waals surface area contributed by atoms with Crippen LogP contribution in [0.15, 0.2) is 71.9 Å². The number of benzene rings is 3. The standard InChI is InChI=1S/C30H27Cl2FN8O2S/c1-17(2)41-16-27(38-39-41)29(18-6-5-7-22(10-18)44(42,43)40(3)4)37-21-11-23-28(36-20-8-9-26(33)24(31)12-20)19(14-34)15-35-30(23)25(32)13-21/h5-13,15-17,29,37H,1-4H3,(H,35,36). The van der Waals surface area contributed by atoms with Crippen molar-refractivity contribution in [3.63, 3.8) is 0 Å². The van der Waals surface area contributed by atoms with Gasteiger partial charge in [-0.3, -0.25) is 4.98 Å². The van der Waals surface area contributed by atoms with E-state index >= 15 is 0 Å². The highest BCUT2D eigenvalue weighted by atomic mass is 35.5. The molecule has 0 fully saturated rings. The Morgan fingerprint density at radius 3 is 2.45 bits per heavy atom. The fourth-order valence-electron chi connectivity index (χ4n) is 4.52. The number of rotatable bonds is 9. The molecule has 0 aliphatic heterocycles. The largest absolute Gasteiger partial charge is 0.373 e. The topological polar surface area (TPSA) is 129 Å². The maximum Gasteiger partial charge on any atom is 0.242 e. The van der Waals surface area contributed by atoms with Crippen LogP contribution >= 0.6 is 23.2 Å². The molecule has 1 unspecified atom stereocenters. The molecule has 2 aromatic heterocycles. The molecular weight excluding hydrogens is 626 g/mol. The molecule has 0 amide bonds. The van der Waals surface area contributed by atoms with E-state index in [4.69, 9.17) is 23.2 Å². The lowest BCUT2D eigenvalue weighted by molar-refractivity contribution is 0.514. The summed E-state index contributed by atoms with van der Waals surface area (Å²) in [4.78, 5) is 4.51. The Labute approximate surface area is 264 Å². The van der Waals surface area contributed by atoms with Crippen LogP contribution in [0.2, 0.25) is 10.0 Å². The van der Waals surface area contributed by atoms with E-state index in [1.165, 1.54) is 44.6 Å². The van der Waals surface area contributed by atoms with Gasteiger partial charge in [0.25, 0.3) is 0 Å². The fraction of sp³-hybridized carbons (Fsp3) is 0.200. The van der Waals surface area contributed by atoms with Crippen molar-refractivity contribution in [2.75, 3.05) is 24.7 Å². The van der Waals surface area contributed by atoms with E-state index in [-0.39, 0.29) is 21.5 Å². The minimum atomic E-state index is -3.72. The molecule has 0 radical (unpaired) electrons. The van der Waals surface area contributed by atoms with Crippen LogP contribution in [0.5, 0.6) is 0 Å². The molecule has 0 aliphatic rings. The van der Waals surface area contributed by atoms with Gasteiger partial charge in [-0.1, -0.05) is 40.5 Å². The number of hydrogen-bond acceptors (Lipinski definition) is 8. The lowest BCUT2D eigenvalue weighted by Crippen LogP contribution is -2.22. The van der Waals surface area contributed by atoms with Crippen molar-refractivity contribution in [2.45, 2.75) is 30.8 Å². The Bertz CT molecular complexity index is 2030. The van der Waals surface area contributed by atoms with Gasteiger partial charge in [-0.15, -0.1) is 5.10 Å². The van der Waals surface area contributed by atoms with Gasteiger partial charge < -0.3 is 10.6 Å². The van der Waals surface area contributed by atoms with Crippen molar-refractivity contribution < 1.29 is 12.8 Å². The molecule has 3 aromatic carbocycles. The molecule has 0 spiro atoms. The first kappa shape index (κ1) is 31.2. The molecule has 2 heterocycles. The number of hydrogen-bond donors (Lipinski definition) is 2. The van der Waals surface area contributed by atoms with E-state index in [9.17, 15) is 18.1 Å². The van der Waals surface area contributed by atoms with Crippen LogP contribution in [0.25, 0.3) is 10.9 Å². The summed E-state index contributed by atoms with van der Waals surface area (Å²) in [6, 6.07) is 15.7. The summed E-state index contributed by atoms with van der Waals surface area (Å²) in [6.07, 6.45) is 3.19. The maximum absolute atomic E-state index is 13.8. The van der Waals surface area contributed by atoms with Crippen molar-refractivity contribution >= 4 is 61.2 Å². The molecule has 0 aliphatic carbocycles. The van der Waals surface area contributed by atoms with Gasteiger partial charge in [0, 0.05) is 43.1 Å². The van der Waals surface area contributed by atoms with Crippen molar-refractivity contribution in [3.8, 4) is 6.07 Å². The van der Waals surface area contributed by atoms with Crippen molar-refractivity contribution in [1.29, 1.82) is 5.26 Å². The van der Waals surface area contributed by atoms with Gasteiger partial charge in [0.05, 0.1) is 43.9 Å². The molecule has 0 saturated heterocycles. The Morgan fingerprint density at radius 2 is 1.80 bits per heavy atom. The second-order valence-electron chi connectivity index (χ2n) is 10.4. The third-order valence-corrected chi connectivity index (χ3v) is 9.26. The zero-order valence-electron chi connectivity index (χ0n) is 24.0. The molecule has 2 N–H and O–H groups in total. The monoisotopic (exact) mass is 652 g/mol. The van der Waals surface area contributed by atoms with Crippen LogP contribution in [0.4, 0.5) is 21.5 Å². The number of aromatic nitrogens is 4. The number of anilines is 3. The zero-order valence-corrected chi connectivity index (χ0v) is 26.4. The van der Waals surface area contributed by atoms with Gasteiger partial charge in [0.2, 0.25) is 10.0 Å². The Kier molecular flexibility index (Phi) is 8.76. The van der Waals surface area contributed by atoms with E-state index in [1.54, 1.807) is 41.2 Å². The maximum atomic E-state index is 13.8. The third kappa shape index (κ3) is 6.18. The molecule has 14 heteroatoms. The van der Waals surface area contributed by atoms with E-state index in [1.807, 2.05) is 13.8 Å². The molecule has 5 aromatic rings. The van der Waals surface area contributed by atoms with Crippen LogP contribution in [0.1, 0.15) is 42.8 Å². The van der Waals surface area contributed by atoms with Crippen molar-refractivity contribution in [3.05, 3.63) is 99.7 Å². The third-order valence-electron chi connectivity index (χ3n) is 6.87. The second-order valence-corrected chi connectivity index (χ2v) is 13.4.